The predicted octanol–water partition coefficient (Wildman–Crippen LogP) is 6.13. The van der Waals surface area contributed by atoms with Gasteiger partial charge in [-0.2, -0.15) is 0 Å². The van der Waals surface area contributed by atoms with Crippen molar-refractivity contribution < 1.29 is 19.2 Å². The summed E-state index contributed by atoms with van der Waals surface area (Å²) in [6, 6.07) is 11.0. The van der Waals surface area contributed by atoms with E-state index in [0.29, 0.717) is 12.5 Å². The fraction of sp³-hybridized carbons (Fsp3) is 0.733. The number of hydrogen-bond donors (Lipinski definition) is 1. The van der Waals surface area contributed by atoms with Gasteiger partial charge in [-0.15, -0.1) is 5.06 Å². The van der Waals surface area contributed by atoms with Crippen molar-refractivity contribution in [2.75, 3.05) is 6.54 Å². The molecular weight excluding hydrogens is 452 g/mol. The molecule has 1 aromatic rings. The molecule has 4 atom stereocenters. The van der Waals surface area contributed by atoms with Crippen LogP contribution in [-0.2, 0) is 19.8 Å². The summed E-state index contributed by atoms with van der Waals surface area (Å²) >= 11 is 0. The molecule has 6 rings (SSSR count). The van der Waals surface area contributed by atoms with Crippen LogP contribution < -0.4 is 5.73 Å². The first-order valence-electron chi connectivity index (χ1n) is 13.9. The highest BCUT2D eigenvalue weighted by molar-refractivity contribution is 5.80. The van der Waals surface area contributed by atoms with Gasteiger partial charge in [0.15, 0.2) is 0 Å². The van der Waals surface area contributed by atoms with Crippen LogP contribution in [0, 0.1) is 22.7 Å². The minimum Gasteiger partial charge on any atom is -0.442 e. The first-order chi connectivity index (χ1) is 16.9. The van der Waals surface area contributed by atoms with Crippen molar-refractivity contribution >= 4 is 12.1 Å². The molecule has 5 aliphatic carbocycles. The van der Waals surface area contributed by atoms with E-state index in [1.54, 1.807) is 0 Å². The third-order valence-electron chi connectivity index (χ3n) is 9.27. The molecule has 5 aliphatic rings. The minimum absolute atomic E-state index is 0.00467. The van der Waals surface area contributed by atoms with E-state index in [0.717, 1.165) is 57.8 Å². The molecule has 0 heterocycles. The molecule has 0 spiro atoms. The van der Waals surface area contributed by atoms with Gasteiger partial charge in [-0.3, -0.25) is 0 Å². The molecule has 1 aromatic carbocycles. The molecular formula is C30H44N2O4. The zero-order chi connectivity index (χ0) is 25.8. The van der Waals surface area contributed by atoms with Crippen LogP contribution >= 0.6 is 0 Å². The quantitative estimate of drug-likeness (QED) is 0.507. The molecule has 36 heavy (non-hydrogen) atoms. The lowest BCUT2D eigenvalue weighted by Gasteiger charge is -2.65. The van der Waals surface area contributed by atoms with Crippen molar-refractivity contribution in [3.8, 4) is 0 Å². The molecule has 4 bridgehead atoms. The van der Waals surface area contributed by atoms with E-state index < -0.39 is 17.1 Å². The van der Waals surface area contributed by atoms with E-state index in [4.69, 9.17) is 15.3 Å². The van der Waals surface area contributed by atoms with Crippen LogP contribution in [0.4, 0.5) is 4.79 Å². The summed E-state index contributed by atoms with van der Waals surface area (Å²) in [7, 11) is 0. The highest BCUT2D eigenvalue weighted by atomic mass is 16.8. The second-order valence-corrected chi connectivity index (χ2v) is 13.9. The lowest BCUT2D eigenvalue weighted by Crippen LogP contribution is -2.61. The topological polar surface area (TPSA) is 81.9 Å². The van der Waals surface area contributed by atoms with Gasteiger partial charge >= 0.3 is 12.1 Å². The molecule has 0 saturated heterocycles. The summed E-state index contributed by atoms with van der Waals surface area (Å²) in [6.07, 6.45) is 9.09. The number of amides is 1. The number of nitrogens with two attached hydrogens (primary N) is 1. The van der Waals surface area contributed by atoms with E-state index in [2.05, 4.69) is 37.3 Å². The van der Waals surface area contributed by atoms with Gasteiger partial charge in [0.2, 0.25) is 0 Å². The fourth-order valence-electron chi connectivity index (χ4n) is 8.53. The molecule has 0 aromatic heterocycles. The molecule has 5 fully saturated rings. The van der Waals surface area contributed by atoms with Crippen molar-refractivity contribution in [2.24, 2.45) is 28.4 Å². The number of hydrogen-bond acceptors (Lipinski definition) is 5. The zero-order valence-corrected chi connectivity index (χ0v) is 22.6. The lowest BCUT2D eigenvalue weighted by molar-refractivity contribution is -0.218. The second kappa shape index (κ2) is 9.04. The number of nitrogens with zero attached hydrogens (tertiary/aromatic N) is 1. The number of ether oxygens (including phenoxy) is 1. The first kappa shape index (κ1) is 25.6. The molecule has 1 amide bonds. The largest absolute Gasteiger partial charge is 0.443 e. The van der Waals surface area contributed by atoms with E-state index >= 15 is 0 Å². The highest BCUT2D eigenvalue weighted by Gasteiger charge is 2.65. The molecule has 0 aliphatic heterocycles. The second-order valence-electron chi connectivity index (χ2n) is 13.9. The molecule has 198 valence electrons. The summed E-state index contributed by atoms with van der Waals surface area (Å²) in [5.74, 6) is 0.528. The Balaban J connectivity index is 1.39. The maximum absolute atomic E-state index is 14.1. The van der Waals surface area contributed by atoms with E-state index in [1.807, 2.05) is 20.8 Å². The Kier molecular flexibility index (Phi) is 6.42. The minimum atomic E-state index is -0.664. The Morgan fingerprint density at radius 1 is 1.00 bits per heavy atom. The van der Waals surface area contributed by atoms with Gasteiger partial charge in [-0.1, -0.05) is 37.3 Å². The maximum Gasteiger partial charge on any atom is 0.443 e. The summed E-state index contributed by atoms with van der Waals surface area (Å²) in [6.45, 7) is 8.25. The predicted molar refractivity (Wildman–Crippen MR) is 139 cm³/mol. The van der Waals surface area contributed by atoms with Gasteiger partial charge in [0.1, 0.15) is 5.60 Å². The third kappa shape index (κ3) is 5.03. The molecule has 4 unspecified atom stereocenters. The standard InChI is InChI=1S/C30H44N2O4/c1-27(2,3)35-26(34)32(17-21-10-12-24(31)13-11-21)36-25(33)30-16-22-14-28(4,19-30)18-29(15-22,20-30)23-8-6-5-7-9-23/h5-9,21-22,24H,10-20,31H2,1-4H3. The van der Waals surface area contributed by atoms with E-state index in [-0.39, 0.29) is 28.8 Å². The van der Waals surface area contributed by atoms with Crippen LogP contribution in [0.15, 0.2) is 30.3 Å². The van der Waals surface area contributed by atoms with E-state index in [9.17, 15) is 9.59 Å². The van der Waals surface area contributed by atoms with Crippen molar-refractivity contribution in [3.05, 3.63) is 35.9 Å². The average Bonchev–Trinajstić information content (AvgIpc) is 2.78. The van der Waals surface area contributed by atoms with E-state index in [1.165, 1.54) is 17.0 Å². The Morgan fingerprint density at radius 2 is 1.69 bits per heavy atom. The van der Waals surface area contributed by atoms with Crippen molar-refractivity contribution in [2.45, 2.75) is 109 Å². The Hall–Kier alpha value is -2.08. The van der Waals surface area contributed by atoms with Crippen LogP contribution in [0.25, 0.3) is 0 Å². The van der Waals surface area contributed by atoms with Crippen molar-refractivity contribution in [3.63, 3.8) is 0 Å². The Bertz CT molecular complexity index is 982. The van der Waals surface area contributed by atoms with Gasteiger partial charge in [-0.25, -0.2) is 9.59 Å². The number of carbonyl (C=O) groups excluding carboxylic acids is 2. The molecule has 0 radical (unpaired) electrons. The highest BCUT2D eigenvalue weighted by Crippen LogP contribution is 2.70. The van der Waals surface area contributed by atoms with Crippen molar-refractivity contribution in [1.29, 1.82) is 0 Å². The van der Waals surface area contributed by atoms with Crippen LogP contribution in [0.2, 0.25) is 0 Å². The summed E-state index contributed by atoms with van der Waals surface area (Å²) in [5, 5.41) is 1.24. The smallest absolute Gasteiger partial charge is 0.442 e. The Labute approximate surface area is 216 Å². The van der Waals surface area contributed by atoms with Gasteiger partial charge in [-0.05, 0) is 113 Å². The summed E-state index contributed by atoms with van der Waals surface area (Å²) < 4.78 is 5.68. The molecule has 6 nitrogen and oxygen atoms in total. The van der Waals surface area contributed by atoms with Gasteiger partial charge in [0.25, 0.3) is 0 Å². The average molecular weight is 497 g/mol. The van der Waals surface area contributed by atoms with Gasteiger partial charge < -0.3 is 15.3 Å². The molecule has 6 heteroatoms. The van der Waals surface area contributed by atoms with Crippen LogP contribution in [0.3, 0.4) is 0 Å². The summed E-state index contributed by atoms with van der Waals surface area (Å²) in [4.78, 5) is 33.4. The molecule has 2 N–H and O–H groups in total. The number of rotatable bonds is 4. The lowest BCUT2D eigenvalue weighted by atomic mass is 9.39. The van der Waals surface area contributed by atoms with Crippen LogP contribution in [-0.4, -0.2) is 35.3 Å². The molecule has 5 saturated carbocycles. The van der Waals surface area contributed by atoms with Crippen LogP contribution in [0.5, 0.6) is 0 Å². The third-order valence-corrected chi connectivity index (χ3v) is 9.27. The number of benzene rings is 1. The summed E-state index contributed by atoms with van der Waals surface area (Å²) in [5.41, 5.74) is 6.35. The zero-order valence-electron chi connectivity index (χ0n) is 22.6. The van der Waals surface area contributed by atoms with Crippen LogP contribution in [0.1, 0.15) is 97.5 Å². The Morgan fingerprint density at radius 3 is 2.33 bits per heavy atom. The van der Waals surface area contributed by atoms with Gasteiger partial charge in [0, 0.05) is 6.04 Å². The first-order valence-corrected chi connectivity index (χ1v) is 13.9. The van der Waals surface area contributed by atoms with Crippen molar-refractivity contribution in [1.82, 2.24) is 5.06 Å². The number of carbonyl (C=O) groups is 2. The SMILES string of the molecule is CC12CC3CC(C(=O)ON(CC4CCC(N)CC4)C(=O)OC(C)(C)C)(C1)CC(c1ccccc1)(C3)C2. The fourth-order valence-corrected chi connectivity index (χ4v) is 8.53. The monoisotopic (exact) mass is 496 g/mol. The number of hydroxylamine groups is 2. The maximum atomic E-state index is 14.1. The normalized spacial score (nSPS) is 37.4. The van der Waals surface area contributed by atoms with Gasteiger partial charge in [0.05, 0.1) is 12.0 Å².